The molecule has 1 aromatic carbocycles. The maximum Gasteiger partial charge on any atom is 0.338 e. The standard InChI is InChI=1S/C24H32O8/c1-23(2)29-18-16(27-15-12-8-9-13-26-15)19-21(32-24(3,4)30-19)17(20(18)31-23)28-22(25)14-10-6-5-7-11-14/h5-7,10-11,15-21H,8-9,12-13H2,1-4H3/t15-,16?,17?,18+,19+,20-,21-/m0/s1. The van der Waals surface area contributed by atoms with Gasteiger partial charge in [0, 0.05) is 6.61 Å². The number of hydrogen-bond acceptors (Lipinski definition) is 8. The van der Waals surface area contributed by atoms with Crippen LogP contribution in [0.2, 0.25) is 0 Å². The van der Waals surface area contributed by atoms with Crippen LogP contribution in [0.1, 0.15) is 57.3 Å². The first-order valence-corrected chi connectivity index (χ1v) is 11.5. The number of ether oxygens (including phenoxy) is 7. The lowest BCUT2D eigenvalue weighted by atomic mass is 9.84. The van der Waals surface area contributed by atoms with Gasteiger partial charge >= 0.3 is 5.97 Å². The predicted molar refractivity (Wildman–Crippen MR) is 112 cm³/mol. The topological polar surface area (TPSA) is 81.7 Å². The second-order valence-corrected chi connectivity index (χ2v) is 9.76. The summed E-state index contributed by atoms with van der Waals surface area (Å²) in [6.07, 6.45) is -0.774. The van der Waals surface area contributed by atoms with E-state index in [9.17, 15) is 4.79 Å². The van der Waals surface area contributed by atoms with Gasteiger partial charge in [0.05, 0.1) is 5.56 Å². The lowest BCUT2D eigenvalue weighted by molar-refractivity contribution is -0.254. The van der Waals surface area contributed by atoms with Gasteiger partial charge in [0.25, 0.3) is 0 Å². The van der Waals surface area contributed by atoms with Crippen molar-refractivity contribution in [2.45, 2.75) is 101 Å². The maximum atomic E-state index is 12.9. The van der Waals surface area contributed by atoms with Crippen LogP contribution < -0.4 is 0 Å². The van der Waals surface area contributed by atoms with E-state index in [1.165, 1.54) is 0 Å². The molecule has 3 heterocycles. The lowest BCUT2D eigenvalue weighted by Gasteiger charge is -2.43. The Hall–Kier alpha value is -1.55. The smallest absolute Gasteiger partial charge is 0.338 e. The summed E-state index contributed by atoms with van der Waals surface area (Å²) in [4.78, 5) is 12.9. The van der Waals surface area contributed by atoms with Crippen molar-refractivity contribution < 1.29 is 38.0 Å². The van der Waals surface area contributed by atoms with Crippen LogP contribution in [-0.2, 0) is 33.2 Å². The molecule has 32 heavy (non-hydrogen) atoms. The fourth-order valence-electron chi connectivity index (χ4n) is 5.07. The summed E-state index contributed by atoms with van der Waals surface area (Å²) in [5, 5.41) is 0. The molecule has 0 aromatic heterocycles. The maximum absolute atomic E-state index is 12.9. The van der Waals surface area contributed by atoms with E-state index in [-0.39, 0.29) is 6.29 Å². The summed E-state index contributed by atoms with van der Waals surface area (Å²) < 4.78 is 43.3. The average molecular weight is 449 g/mol. The molecule has 4 fully saturated rings. The first-order chi connectivity index (χ1) is 15.2. The minimum atomic E-state index is -0.865. The molecule has 0 N–H and O–H groups in total. The minimum Gasteiger partial charge on any atom is -0.453 e. The van der Waals surface area contributed by atoms with E-state index in [1.54, 1.807) is 24.3 Å². The molecule has 4 aliphatic rings. The molecule has 5 atom stereocenters. The van der Waals surface area contributed by atoms with E-state index in [0.29, 0.717) is 12.2 Å². The SMILES string of the molecule is CC1(C)O[C@@H]2C(O[C@H]3CCCCO3)[C@H]3OC(C)(C)O[C@H]3C(OC(=O)c3ccccc3)[C@@H]2O1. The third-order valence-electron chi connectivity index (χ3n) is 6.32. The Kier molecular flexibility index (Phi) is 5.80. The number of benzene rings is 1. The molecule has 3 aliphatic heterocycles. The van der Waals surface area contributed by atoms with E-state index in [4.69, 9.17) is 33.2 Å². The number of fused-ring (bicyclic) bond motifs is 2. The van der Waals surface area contributed by atoms with Gasteiger partial charge in [-0.3, -0.25) is 0 Å². The normalized spacial score (nSPS) is 39.8. The van der Waals surface area contributed by atoms with Crippen LogP contribution in [0, 0.1) is 0 Å². The molecule has 8 heteroatoms. The quantitative estimate of drug-likeness (QED) is 0.650. The Bertz CT molecular complexity index is 787. The third kappa shape index (κ3) is 4.32. The first-order valence-electron chi connectivity index (χ1n) is 11.5. The second kappa shape index (κ2) is 8.34. The van der Waals surface area contributed by atoms with Gasteiger partial charge in [-0.05, 0) is 59.1 Å². The second-order valence-electron chi connectivity index (χ2n) is 9.76. The highest BCUT2D eigenvalue weighted by Gasteiger charge is 2.65. The minimum absolute atomic E-state index is 0.335. The molecule has 8 nitrogen and oxygen atoms in total. The summed E-state index contributed by atoms with van der Waals surface area (Å²) in [5.41, 5.74) is 0.464. The number of esters is 1. The summed E-state index contributed by atoms with van der Waals surface area (Å²) in [7, 11) is 0. The average Bonchev–Trinajstić information content (AvgIpc) is 3.26. The molecular formula is C24H32O8. The number of carbonyl (C=O) groups is 1. The van der Waals surface area contributed by atoms with Gasteiger partial charge < -0.3 is 33.2 Å². The molecule has 1 aromatic rings. The molecule has 0 unspecified atom stereocenters. The van der Waals surface area contributed by atoms with Gasteiger partial charge in [0.15, 0.2) is 24.0 Å². The van der Waals surface area contributed by atoms with E-state index in [0.717, 1.165) is 19.3 Å². The summed E-state index contributed by atoms with van der Waals surface area (Å²) in [5.74, 6) is -2.17. The molecule has 1 aliphatic carbocycles. The molecular weight excluding hydrogens is 416 g/mol. The van der Waals surface area contributed by atoms with Crippen molar-refractivity contribution >= 4 is 5.97 Å². The Morgan fingerprint density at radius 2 is 1.41 bits per heavy atom. The van der Waals surface area contributed by atoms with Crippen molar-refractivity contribution in [1.82, 2.24) is 0 Å². The van der Waals surface area contributed by atoms with Crippen molar-refractivity contribution in [2.75, 3.05) is 6.61 Å². The summed E-state index contributed by atoms with van der Waals surface area (Å²) in [6.45, 7) is 8.05. The molecule has 3 saturated heterocycles. The van der Waals surface area contributed by atoms with Crippen molar-refractivity contribution in [3.8, 4) is 0 Å². The zero-order chi connectivity index (χ0) is 22.5. The van der Waals surface area contributed by atoms with Crippen molar-refractivity contribution in [1.29, 1.82) is 0 Å². The monoisotopic (exact) mass is 448 g/mol. The van der Waals surface area contributed by atoms with Gasteiger partial charge in [0.2, 0.25) is 0 Å². The zero-order valence-electron chi connectivity index (χ0n) is 19.0. The fraction of sp³-hybridized carbons (Fsp3) is 0.708. The van der Waals surface area contributed by atoms with Crippen LogP contribution in [0.25, 0.3) is 0 Å². The van der Waals surface area contributed by atoms with Gasteiger partial charge in [-0.25, -0.2) is 4.79 Å². The van der Waals surface area contributed by atoms with E-state index in [2.05, 4.69) is 0 Å². The zero-order valence-corrected chi connectivity index (χ0v) is 19.0. The Balaban J connectivity index is 1.45. The Morgan fingerprint density at radius 1 is 0.844 bits per heavy atom. The Labute approximate surface area is 188 Å². The molecule has 5 rings (SSSR count). The third-order valence-corrected chi connectivity index (χ3v) is 6.32. The highest BCUT2D eigenvalue weighted by Crippen LogP contribution is 2.47. The predicted octanol–water partition coefficient (Wildman–Crippen LogP) is 3.18. The van der Waals surface area contributed by atoms with E-state index in [1.807, 2.05) is 33.8 Å². The number of rotatable bonds is 4. The number of carbonyl (C=O) groups excluding carboxylic acids is 1. The van der Waals surface area contributed by atoms with Gasteiger partial charge in [0.1, 0.15) is 30.5 Å². The highest BCUT2D eigenvalue weighted by atomic mass is 16.8. The van der Waals surface area contributed by atoms with Crippen LogP contribution >= 0.6 is 0 Å². The summed E-state index contributed by atoms with van der Waals surface area (Å²) in [6, 6.07) is 8.89. The van der Waals surface area contributed by atoms with E-state index < -0.39 is 54.2 Å². The molecule has 0 amide bonds. The molecule has 1 saturated carbocycles. The van der Waals surface area contributed by atoms with Crippen molar-refractivity contribution in [3.05, 3.63) is 35.9 Å². The first kappa shape index (κ1) is 22.3. The van der Waals surface area contributed by atoms with Crippen molar-refractivity contribution in [3.63, 3.8) is 0 Å². The molecule has 176 valence electrons. The Morgan fingerprint density at radius 3 is 1.94 bits per heavy atom. The lowest BCUT2D eigenvalue weighted by Crippen LogP contribution is -2.64. The van der Waals surface area contributed by atoms with Gasteiger partial charge in [-0.2, -0.15) is 0 Å². The van der Waals surface area contributed by atoms with Gasteiger partial charge in [-0.1, -0.05) is 18.2 Å². The highest BCUT2D eigenvalue weighted by molar-refractivity contribution is 5.89. The fourth-order valence-corrected chi connectivity index (χ4v) is 5.07. The molecule has 0 radical (unpaired) electrons. The van der Waals surface area contributed by atoms with Crippen LogP contribution in [0.4, 0.5) is 0 Å². The summed E-state index contributed by atoms with van der Waals surface area (Å²) >= 11 is 0. The molecule has 0 spiro atoms. The van der Waals surface area contributed by atoms with Crippen LogP contribution in [-0.4, -0.2) is 67.1 Å². The largest absolute Gasteiger partial charge is 0.453 e. The van der Waals surface area contributed by atoms with Crippen molar-refractivity contribution in [2.24, 2.45) is 0 Å². The van der Waals surface area contributed by atoms with E-state index >= 15 is 0 Å². The molecule has 0 bridgehead atoms. The number of hydrogen-bond donors (Lipinski definition) is 0. The van der Waals surface area contributed by atoms with Gasteiger partial charge in [-0.15, -0.1) is 0 Å². The van der Waals surface area contributed by atoms with Crippen LogP contribution in [0.5, 0.6) is 0 Å². The van der Waals surface area contributed by atoms with Crippen LogP contribution in [0.3, 0.4) is 0 Å². The van der Waals surface area contributed by atoms with Crippen LogP contribution in [0.15, 0.2) is 30.3 Å².